The van der Waals surface area contributed by atoms with Crippen LogP contribution in [0.25, 0.3) is 0 Å². The first kappa shape index (κ1) is 11.3. The summed E-state index contributed by atoms with van der Waals surface area (Å²) in [5.74, 6) is 0. The van der Waals surface area contributed by atoms with E-state index >= 15 is 0 Å². The molecule has 4 nitrogen and oxygen atoms in total. The van der Waals surface area contributed by atoms with Gasteiger partial charge in [0, 0.05) is 12.6 Å². The van der Waals surface area contributed by atoms with Crippen LogP contribution >= 0.6 is 0 Å². The van der Waals surface area contributed by atoms with Crippen molar-refractivity contribution in [2.24, 2.45) is 11.1 Å². The summed E-state index contributed by atoms with van der Waals surface area (Å²) in [4.78, 5) is 2.27. The average molecular weight is 214 g/mol. The number of aliphatic hydroxyl groups excluding tert-OH is 2. The Morgan fingerprint density at radius 2 is 2.13 bits per heavy atom. The van der Waals surface area contributed by atoms with E-state index in [1.165, 1.54) is 12.8 Å². The highest BCUT2D eigenvalue weighted by atomic mass is 16.3. The number of β-amino-alcohol motifs (C(OH)–C–C–N with tert-alkyl or cyclic N) is 1. The molecule has 2 aliphatic rings. The summed E-state index contributed by atoms with van der Waals surface area (Å²) >= 11 is 0. The van der Waals surface area contributed by atoms with Crippen molar-refractivity contribution in [2.75, 3.05) is 26.2 Å². The van der Waals surface area contributed by atoms with E-state index in [4.69, 9.17) is 10.8 Å². The van der Waals surface area contributed by atoms with Gasteiger partial charge in [0.2, 0.25) is 0 Å². The molecule has 1 spiro atoms. The Morgan fingerprint density at radius 3 is 2.67 bits per heavy atom. The van der Waals surface area contributed by atoms with Crippen LogP contribution in [0.2, 0.25) is 0 Å². The zero-order chi connectivity index (χ0) is 10.9. The average Bonchev–Trinajstić information content (AvgIpc) is 3.01. The van der Waals surface area contributed by atoms with Gasteiger partial charge < -0.3 is 20.8 Å². The van der Waals surface area contributed by atoms with Crippen molar-refractivity contribution in [3.63, 3.8) is 0 Å². The van der Waals surface area contributed by atoms with Crippen LogP contribution in [0.3, 0.4) is 0 Å². The van der Waals surface area contributed by atoms with Gasteiger partial charge >= 0.3 is 0 Å². The van der Waals surface area contributed by atoms with Gasteiger partial charge in [-0.25, -0.2) is 0 Å². The lowest BCUT2D eigenvalue weighted by atomic mass is 9.90. The standard InChI is InChI=1S/C11H22N2O2/c12-9(8-14)1-5-13-6-4-11(2-3-11)10(15)7-13/h9-10,14-15H,1-8,12H2/t9-,10+/m0/s1. The molecule has 4 N–H and O–H groups in total. The molecule has 0 aromatic rings. The molecule has 2 fully saturated rings. The van der Waals surface area contributed by atoms with Crippen molar-refractivity contribution in [1.29, 1.82) is 0 Å². The summed E-state index contributed by atoms with van der Waals surface area (Å²) in [6, 6.07) is -0.112. The molecule has 15 heavy (non-hydrogen) atoms. The number of rotatable bonds is 4. The van der Waals surface area contributed by atoms with E-state index in [0.717, 1.165) is 32.5 Å². The van der Waals surface area contributed by atoms with Gasteiger partial charge in [-0.05, 0) is 44.2 Å². The van der Waals surface area contributed by atoms with E-state index in [0.29, 0.717) is 0 Å². The smallest absolute Gasteiger partial charge is 0.0723 e. The maximum atomic E-state index is 9.97. The van der Waals surface area contributed by atoms with Crippen LogP contribution in [-0.4, -0.2) is 53.5 Å². The van der Waals surface area contributed by atoms with Gasteiger partial charge in [0.05, 0.1) is 12.7 Å². The summed E-state index contributed by atoms with van der Waals surface area (Å²) in [6.07, 6.45) is 4.21. The molecule has 0 unspecified atom stereocenters. The van der Waals surface area contributed by atoms with Crippen LogP contribution in [-0.2, 0) is 0 Å². The van der Waals surface area contributed by atoms with E-state index in [-0.39, 0.29) is 24.2 Å². The Bertz CT molecular complexity index is 219. The predicted octanol–water partition coefficient (Wildman–Crippen LogP) is -0.457. The molecule has 0 bridgehead atoms. The Morgan fingerprint density at radius 1 is 1.40 bits per heavy atom. The van der Waals surface area contributed by atoms with Crippen LogP contribution in [0.4, 0.5) is 0 Å². The summed E-state index contributed by atoms with van der Waals surface area (Å²) in [5.41, 5.74) is 5.94. The van der Waals surface area contributed by atoms with Gasteiger partial charge in [0.25, 0.3) is 0 Å². The van der Waals surface area contributed by atoms with E-state index in [1.807, 2.05) is 0 Å². The van der Waals surface area contributed by atoms with Crippen molar-refractivity contribution in [2.45, 2.75) is 37.8 Å². The van der Waals surface area contributed by atoms with Crippen LogP contribution in [0.1, 0.15) is 25.7 Å². The third-order valence-corrected chi connectivity index (χ3v) is 4.01. The first-order valence-corrected chi connectivity index (χ1v) is 5.93. The molecule has 1 saturated carbocycles. The summed E-state index contributed by atoms with van der Waals surface area (Å²) in [6.45, 7) is 2.82. The minimum Gasteiger partial charge on any atom is -0.395 e. The largest absolute Gasteiger partial charge is 0.395 e. The van der Waals surface area contributed by atoms with Crippen molar-refractivity contribution in [1.82, 2.24) is 4.90 Å². The molecule has 0 aromatic heterocycles. The highest BCUT2D eigenvalue weighted by molar-refractivity contribution is 5.02. The zero-order valence-corrected chi connectivity index (χ0v) is 9.23. The van der Waals surface area contributed by atoms with Gasteiger partial charge in [-0.15, -0.1) is 0 Å². The molecule has 4 heteroatoms. The Balaban J connectivity index is 1.72. The van der Waals surface area contributed by atoms with E-state index < -0.39 is 0 Å². The molecular formula is C11H22N2O2. The number of hydrogen-bond donors (Lipinski definition) is 3. The molecule has 0 radical (unpaired) electrons. The zero-order valence-electron chi connectivity index (χ0n) is 9.23. The Labute approximate surface area is 91.1 Å². The summed E-state index contributed by atoms with van der Waals surface area (Å²) in [7, 11) is 0. The third kappa shape index (κ3) is 2.50. The van der Waals surface area contributed by atoms with Gasteiger partial charge in [-0.2, -0.15) is 0 Å². The second-order valence-electron chi connectivity index (χ2n) is 5.16. The maximum Gasteiger partial charge on any atom is 0.0723 e. The fraction of sp³-hybridized carbons (Fsp3) is 1.00. The van der Waals surface area contributed by atoms with Crippen molar-refractivity contribution in [3.05, 3.63) is 0 Å². The number of piperidine rings is 1. The van der Waals surface area contributed by atoms with E-state index in [1.54, 1.807) is 0 Å². The highest BCUT2D eigenvalue weighted by Gasteiger charge is 2.50. The molecule has 0 aromatic carbocycles. The van der Waals surface area contributed by atoms with Crippen LogP contribution < -0.4 is 5.73 Å². The minimum absolute atomic E-state index is 0.0559. The van der Waals surface area contributed by atoms with Gasteiger partial charge in [0.1, 0.15) is 0 Å². The quantitative estimate of drug-likeness (QED) is 0.592. The molecule has 1 aliphatic carbocycles. The lowest BCUT2D eigenvalue weighted by Gasteiger charge is -2.36. The molecule has 0 amide bonds. The predicted molar refractivity (Wildman–Crippen MR) is 58.4 cm³/mol. The second-order valence-corrected chi connectivity index (χ2v) is 5.16. The van der Waals surface area contributed by atoms with Crippen LogP contribution in [0, 0.1) is 5.41 Å². The lowest BCUT2D eigenvalue weighted by Crippen LogP contribution is -2.46. The van der Waals surface area contributed by atoms with Gasteiger partial charge in [0.15, 0.2) is 0 Å². The van der Waals surface area contributed by atoms with Crippen molar-refractivity contribution in [3.8, 4) is 0 Å². The summed E-state index contributed by atoms with van der Waals surface area (Å²) in [5, 5.41) is 18.8. The van der Waals surface area contributed by atoms with Gasteiger partial charge in [-0.3, -0.25) is 0 Å². The Hall–Kier alpha value is -0.160. The first-order chi connectivity index (χ1) is 7.16. The van der Waals surface area contributed by atoms with E-state index in [9.17, 15) is 5.11 Å². The third-order valence-electron chi connectivity index (χ3n) is 4.01. The topological polar surface area (TPSA) is 69.7 Å². The summed E-state index contributed by atoms with van der Waals surface area (Å²) < 4.78 is 0. The second kappa shape index (κ2) is 4.37. The number of nitrogens with zero attached hydrogens (tertiary/aromatic N) is 1. The molecule has 1 saturated heterocycles. The van der Waals surface area contributed by atoms with Gasteiger partial charge in [-0.1, -0.05) is 0 Å². The molecule has 1 heterocycles. The molecular weight excluding hydrogens is 192 g/mol. The molecule has 2 rings (SSSR count). The molecule has 88 valence electrons. The number of hydrogen-bond acceptors (Lipinski definition) is 4. The van der Waals surface area contributed by atoms with Crippen molar-refractivity contribution >= 4 is 0 Å². The molecule has 1 aliphatic heterocycles. The maximum absolute atomic E-state index is 9.97. The normalized spacial score (nSPS) is 31.8. The first-order valence-electron chi connectivity index (χ1n) is 5.93. The fourth-order valence-corrected chi connectivity index (χ4v) is 2.46. The van der Waals surface area contributed by atoms with Crippen LogP contribution in [0.15, 0.2) is 0 Å². The lowest BCUT2D eigenvalue weighted by molar-refractivity contribution is 0.00723. The number of nitrogens with two attached hydrogens (primary N) is 1. The highest BCUT2D eigenvalue weighted by Crippen LogP contribution is 2.53. The number of aliphatic hydroxyl groups is 2. The SMILES string of the molecule is N[C@H](CO)CCN1CCC2(CC2)[C@H](O)C1. The molecule has 2 atom stereocenters. The monoisotopic (exact) mass is 214 g/mol. The Kier molecular flexibility index (Phi) is 3.30. The fourth-order valence-electron chi connectivity index (χ4n) is 2.46. The van der Waals surface area contributed by atoms with E-state index in [2.05, 4.69) is 4.90 Å². The number of likely N-dealkylation sites (tertiary alicyclic amines) is 1. The minimum atomic E-state index is -0.142. The van der Waals surface area contributed by atoms with Crippen molar-refractivity contribution < 1.29 is 10.2 Å². The van der Waals surface area contributed by atoms with Crippen LogP contribution in [0.5, 0.6) is 0 Å².